The fourth-order valence-corrected chi connectivity index (χ4v) is 6.31. The average Bonchev–Trinajstić information content (AvgIpc) is 3.43. The first-order valence-electron chi connectivity index (χ1n) is 15.4. The van der Waals surface area contributed by atoms with Gasteiger partial charge in [0.2, 0.25) is 0 Å². The van der Waals surface area contributed by atoms with E-state index in [0.29, 0.717) is 47.2 Å². The minimum atomic E-state index is -3.06. The summed E-state index contributed by atoms with van der Waals surface area (Å²) < 4.78 is 67.3. The molecule has 0 fully saturated rings. The van der Waals surface area contributed by atoms with Gasteiger partial charge >= 0.3 is 5.97 Å². The second-order valence-corrected chi connectivity index (χ2v) is 14.0. The Labute approximate surface area is 275 Å². The topological polar surface area (TPSA) is 97.4 Å². The fraction of sp³-hybridized carbons (Fsp3) is 0.324. The molecule has 0 amide bonds. The number of rotatable bonds is 14. The van der Waals surface area contributed by atoms with Gasteiger partial charge in [0.25, 0.3) is 0 Å². The van der Waals surface area contributed by atoms with Gasteiger partial charge in [0.15, 0.2) is 0 Å². The first kappa shape index (κ1) is 33.8. The molecular weight excluding hydrogens is 623 g/mol. The quantitative estimate of drug-likeness (QED) is 0.104. The predicted molar refractivity (Wildman–Crippen MR) is 178 cm³/mol. The lowest BCUT2D eigenvalue weighted by atomic mass is 9.93. The highest BCUT2D eigenvalue weighted by atomic mass is 32.2. The summed E-state index contributed by atoms with van der Waals surface area (Å²) in [5.74, 6) is 1.36. The van der Waals surface area contributed by atoms with Crippen LogP contribution < -0.4 is 18.9 Å². The summed E-state index contributed by atoms with van der Waals surface area (Å²) in [6, 6.07) is 22.0. The summed E-state index contributed by atoms with van der Waals surface area (Å²) in [5.41, 5.74) is 5.57. The third-order valence-corrected chi connectivity index (χ3v) is 9.02. The summed E-state index contributed by atoms with van der Waals surface area (Å²) >= 11 is 0. The molecule has 1 aliphatic heterocycles. The number of fused-ring (bicyclic) bond motifs is 1. The SMILES string of the molecule is COC(=O)C[C@@H]1COc2cc(OCc3cc(-c4c(C)cc(OCCCS(C)(=O)=O)cc4C)c(OCc4ccccc4)cc3F)ccc21. The van der Waals surface area contributed by atoms with Crippen LogP contribution in [-0.2, 0) is 32.6 Å². The van der Waals surface area contributed by atoms with Crippen LogP contribution in [0.25, 0.3) is 11.1 Å². The molecule has 0 N–H and O–H groups in total. The van der Waals surface area contributed by atoms with Gasteiger partial charge in [0.1, 0.15) is 51.9 Å². The minimum Gasteiger partial charge on any atom is -0.494 e. The Bertz CT molecular complexity index is 1820. The lowest BCUT2D eigenvalue weighted by Gasteiger charge is -2.19. The number of hydrogen-bond acceptors (Lipinski definition) is 8. The molecule has 47 heavy (non-hydrogen) atoms. The first-order valence-corrected chi connectivity index (χ1v) is 17.4. The maximum Gasteiger partial charge on any atom is 0.306 e. The normalized spacial score (nSPS) is 13.9. The smallest absolute Gasteiger partial charge is 0.306 e. The van der Waals surface area contributed by atoms with Gasteiger partial charge in [-0.1, -0.05) is 36.4 Å². The van der Waals surface area contributed by atoms with Gasteiger partial charge in [0, 0.05) is 41.0 Å². The van der Waals surface area contributed by atoms with Crippen LogP contribution in [0.15, 0.2) is 72.8 Å². The molecule has 4 aromatic rings. The Morgan fingerprint density at radius 2 is 1.66 bits per heavy atom. The standard InChI is InChI=1S/C37H39FO8S/c1-24-15-30(43-13-8-14-47(4,40)41)16-25(2)37(24)32-17-28(33(38)20-35(32)45-21-26-9-6-5-7-10-26)23-44-29-11-12-31-27(18-36(39)42-3)22-46-34(31)19-29/h5-7,9-12,15-17,19-20,27H,8,13-14,18,21-23H2,1-4H3/t27-/m1/s1. The number of carbonyl (C=O) groups excluding carboxylic acids is 1. The third-order valence-electron chi connectivity index (χ3n) is 7.99. The molecule has 5 rings (SSSR count). The van der Waals surface area contributed by atoms with E-state index in [4.69, 9.17) is 23.7 Å². The summed E-state index contributed by atoms with van der Waals surface area (Å²) in [6.07, 6.45) is 1.83. The molecule has 0 aromatic heterocycles. The molecule has 0 unspecified atom stereocenters. The number of aryl methyl sites for hydroxylation is 2. The largest absolute Gasteiger partial charge is 0.494 e. The van der Waals surface area contributed by atoms with Gasteiger partial charge in [-0.05, 0) is 66.8 Å². The monoisotopic (exact) mass is 662 g/mol. The number of hydrogen-bond donors (Lipinski definition) is 0. The molecule has 1 aliphatic rings. The van der Waals surface area contributed by atoms with Crippen molar-refractivity contribution >= 4 is 15.8 Å². The van der Waals surface area contributed by atoms with Crippen LogP contribution in [0.2, 0.25) is 0 Å². The Morgan fingerprint density at radius 1 is 0.915 bits per heavy atom. The molecular formula is C37H39FO8S. The number of benzene rings is 4. The van der Waals surface area contributed by atoms with E-state index in [9.17, 15) is 13.2 Å². The number of ether oxygens (including phenoxy) is 5. The lowest BCUT2D eigenvalue weighted by Crippen LogP contribution is -2.09. The van der Waals surface area contributed by atoms with Crippen LogP contribution in [0, 0.1) is 19.7 Å². The summed E-state index contributed by atoms with van der Waals surface area (Å²) in [5, 5.41) is 0. The number of sulfone groups is 1. The van der Waals surface area contributed by atoms with E-state index in [2.05, 4.69) is 0 Å². The van der Waals surface area contributed by atoms with Gasteiger partial charge in [-0.2, -0.15) is 0 Å². The maximum atomic E-state index is 15.6. The van der Waals surface area contributed by atoms with Crippen molar-refractivity contribution in [3.05, 3.63) is 106 Å². The third kappa shape index (κ3) is 8.83. The summed E-state index contributed by atoms with van der Waals surface area (Å²) in [6.45, 7) is 4.76. The minimum absolute atomic E-state index is 0.0399. The van der Waals surface area contributed by atoms with E-state index in [1.165, 1.54) is 19.4 Å². The molecule has 8 nitrogen and oxygen atoms in total. The highest BCUT2D eigenvalue weighted by Crippen LogP contribution is 2.41. The van der Waals surface area contributed by atoms with Gasteiger partial charge in [-0.3, -0.25) is 4.79 Å². The zero-order chi connectivity index (χ0) is 33.6. The molecule has 0 spiro atoms. The van der Waals surface area contributed by atoms with Gasteiger partial charge < -0.3 is 23.7 Å². The highest BCUT2D eigenvalue weighted by Gasteiger charge is 2.27. The van der Waals surface area contributed by atoms with Crippen LogP contribution in [0.5, 0.6) is 23.0 Å². The molecule has 0 aliphatic carbocycles. The molecule has 10 heteroatoms. The fourth-order valence-electron chi connectivity index (χ4n) is 5.67. The van der Waals surface area contributed by atoms with Gasteiger partial charge in [-0.15, -0.1) is 0 Å². The Morgan fingerprint density at radius 3 is 2.36 bits per heavy atom. The number of esters is 1. The van der Waals surface area contributed by atoms with Crippen molar-refractivity contribution in [3.63, 3.8) is 0 Å². The van der Waals surface area contributed by atoms with E-state index >= 15 is 4.39 Å². The number of carbonyl (C=O) groups is 1. The zero-order valence-corrected chi connectivity index (χ0v) is 27.8. The first-order chi connectivity index (χ1) is 22.5. The van der Waals surface area contributed by atoms with Crippen LogP contribution in [0.3, 0.4) is 0 Å². The van der Waals surface area contributed by atoms with Crippen molar-refractivity contribution in [2.45, 2.75) is 45.8 Å². The summed E-state index contributed by atoms with van der Waals surface area (Å²) in [7, 11) is -1.70. The molecule has 0 saturated carbocycles. The predicted octanol–water partition coefficient (Wildman–Crippen LogP) is 7.12. The van der Waals surface area contributed by atoms with Crippen molar-refractivity contribution in [1.82, 2.24) is 0 Å². The van der Waals surface area contributed by atoms with Crippen LogP contribution in [-0.4, -0.2) is 46.7 Å². The molecule has 0 saturated heterocycles. The highest BCUT2D eigenvalue weighted by molar-refractivity contribution is 7.90. The number of methoxy groups -OCH3 is 1. The lowest BCUT2D eigenvalue weighted by molar-refractivity contribution is -0.141. The average molecular weight is 663 g/mol. The maximum absolute atomic E-state index is 15.6. The van der Waals surface area contributed by atoms with Gasteiger partial charge in [0.05, 0.1) is 32.5 Å². The van der Waals surface area contributed by atoms with Crippen molar-refractivity contribution in [2.75, 3.05) is 32.3 Å². The zero-order valence-electron chi connectivity index (χ0n) is 27.0. The van der Waals surface area contributed by atoms with E-state index in [0.717, 1.165) is 27.8 Å². The van der Waals surface area contributed by atoms with Crippen molar-refractivity contribution in [1.29, 1.82) is 0 Å². The van der Waals surface area contributed by atoms with Crippen molar-refractivity contribution < 1.29 is 41.3 Å². The van der Waals surface area contributed by atoms with Crippen molar-refractivity contribution in [3.8, 4) is 34.1 Å². The van der Waals surface area contributed by atoms with E-state index in [-0.39, 0.29) is 43.9 Å². The Hall–Kier alpha value is -4.57. The number of halogens is 1. The van der Waals surface area contributed by atoms with Gasteiger partial charge in [-0.25, -0.2) is 12.8 Å². The molecule has 4 aromatic carbocycles. The van der Waals surface area contributed by atoms with Crippen molar-refractivity contribution in [2.24, 2.45) is 0 Å². The molecule has 248 valence electrons. The summed E-state index contributed by atoms with van der Waals surface area (Å²) in [4.78, 5) is 11.8. The molecule has 0 radical (unpaired) electrons. The molecule has 0 bridgehead atoms. The second-order valence-electron chi connectivity index (χ2n) is 11.8. The van der Waals surface area contributed by atoms with Crippen LogP contribution in [0.4, 0.5) is 4.39 Å². The second kappa shape index (κ2) is 14.9. The van der Waals surface area contributed by atoms with Crippen LogP contribution in [0.1, 0.15) is 46.6 Å². The molecule has 1 heterocycles. The van der Waals surface area contributed by atoms with Crippen LogP contribution >= 0.6 is 0 Å². The Balaban J connectivity index is 1.39. The van der Waals surface area contributed by atoms with E-state index < -0.39 is 15.7 Å². The Kier molecular flexibility index (Phi) is 10.7. The van der Waals surface area contributed by atoms with E-state index in [1.54, 1.807) is 18.2 Å². The molecule has 1 atom stereocenters. The van der Waals surface area contributed by atoms with E-state index in [1.807, 2.05) is 62.4 Å².